The molecule has 2 unspecified atom stereocenters. The lowest BCUT2D eigenvalue weighted by molar-refractivity contribution is 0.0938. The molecule has 1 amide bonds. The molecular formula is C21H28N2O3S. The van der Waals surface area contributed by atoms with E-state index in [-0.39, 0.29) is 22.9 Å². The molecule has 0 bridgehead atoms. The summed E-state index contributed by atoms with van der Waals surface area (Å²) in [4.78, 5) is 12.5. The topological polar surface area (TPSA) is 75.3 Å². The molecule has 0 saturated heterocycles. The second kappa shape index (κ2) is 9.67. The van der Waals surface area contributed by atoms with E-state index in [0.29, 0.717) is 12.0 Å². The van der Waals surface area contributed by atoms with E-state index in [1.54, 1.807) is 12.1 Å². The lowest BCUT2D eigenvalue weighted by atomic mass is 10.1. The van der Waals surface area contributed by atoms with Crippen LogP contribution in [-0.2, 0) is 16.4 Å². The van der Waals surface area contributed by atoms with Crippen LogP contribution in [0.2, 0.25) is 0 Å². The molecular weight excluding hydrogens is 360 g/mol. The van der Waals surface area contributed by atoms with E-state index < -0.39 is 10.0 Å². The first-order valence-corrected chi connectivity index (χ1v) is 10.8. The van der Waals surface area contributed by atoms with E-state index in [1.165, 1.54) is 17.7 Å². The molecule has 0 aliphatic rings. The van der Waals surface area contributed by atoms with Gasteiger partial charge in [-0.2, -0.15) is 0 Å². The monoisotopic (exact) mass is 388 g/mol. The summed E-state index contributed by atoms with van der Waals surface area (Å²) in [7, 11) is -3.56. The van der Waals surface area contributed by atoms with Crippen LogP contribution in [0.5, 0.6) is 0 Å². The highest BCUT2D eigenvalue weighted by atomic mass is 32.2. The zero-order valence-electron chi connectivity index (χ0n) is 16.1. The maximum atomic E-state index is 12.4. The molecule has 0 heterocycles. The van der Waals surface area contributed by atoms with E-state index in [0.717, 1.165) is 12.8 Å². The summed E-state index contributed by atoms with van der Waals surface area (Å²) >= 11 is 0. The molecule has 2 N–H and O–H groups in total. The molecule has 0 aromatic heterocycles. The van der Waals surface area contributed by atoms with Crippen LogP contribution in [0.4, 0.5) is 0 Å². The third-order valence-electron chi connectivity index (χ3n) is 4.48. The zero-order valence-corrected chi connectivity index (χ0v) is 16.9. The van der Waals surface area contributed by atoms with Crippen LogP contribution in [0.25, 0.3) is 0 Å². The first kappa shape index (κ1) is 21.1. The molecule has 5 nitrogen and oxygen atoms in total. The molecule has 2 aromatic carbocycles. The van der Waals surface area contributed by atoms with Crippen molar-refractivity contribution in [2.45, 2.75) is 57.0 Å². The Balaban J connectivity index is 1.93. The molecule has 2 atom stereocenters. The molecule has 0 aliphatic carbocycles. The van der Waals surface area contributed by atoms with Crippen LogP contribution in [0, 0.1) is 0 Å². The number of nitrogens with one attached hydrogen (secondary N) is 2. The van der Waals surface area contributed by atoms with E-state index in [1.807, 2.05) is 39.0 Å². The van der Waals surface area contributed by atoms with Gasteiger partial charge in [0.2, 0.25) is 10.0 Å². The molecule has 0 spiro atoms. The Labute approximate surface area is 162 Å². The van der Waals surface area contributed by atoms with E-state index >= 15 is 0 Å². The number of hydrogen-bond acceptors (Lipinski definition) is 3. The first-order chi connectivity index (χ1) is 12.8. The minimum Gasteiger partial charge on any atom is -0.350 e. The predicted molar refractivity (Wildman–Crippen MR) is 108 cm³/mol. The van der Waals surface area contributed by atoms with Crippen LogP contribution >= 0.6 is 0 Å². The van der Waals surface area contributed by atoms with Crippen molar-refractivity contribution in [1.82, 2.24) is 10.0 Å². The number of rotatable bonds is 9. The van der Waals surface area contributed by atoms with Gasteiger partial charge in [0.05, 0.1) is 4.90 Å². The number of sulfonamides is 1. The van der Waals surface area contributed by atoms with Gasteiger partial charge in [0.25, 0.3) is 5.91 Å². The van der Waals surface area contributed by atoms with Gasteiger partial charge in [-0.25, -0.2) is 13.1 Å². The number of carbonyl (C=O) groups excluding carboxylic acids is 1. The summed E-state index contributed by atoms with van der Waals surface area (Å²) in [6.07, 6.45) is 2.43. The van der Waals surface area contributed by atoms with E-state index in [2.05, 4.69) is 22.2 Å². The van der Waals surface area contributed by atoms with Crippen molar-refractivity contribution in [2.24, 2.45) is 0 Å². The first-order valence-electron chi connectivity index (χ1n) is 9.29. The quantitative estimate of drug-likeness (QED) is 0.690. The van der Waals surface area contributed by atoms with Crippen LogP contribution in [0.1, 0.15) is 49.5 Å². The zero-order chi connectivity index (χ0) is 19.9. The second-order valence-corrected chi connectivity index (χ2v) is 8.57. The van der Waals surface area contributed by atoms with Crippen molar-refractivity contribution >= 4 is 15.9 Å². The Hall–Kier alpha value is -2.18. The van der Waals surface area contributed by atoms with Gasteiger partial charge in [0.1, 0.15) is 0 Å². The minimum absolute atomic E-state index is 0.0215. The molecule has 6 heteroatoms. The van der Waals surface area contributed by atoms with Crippen LogP contribution in [-0.4, -0.2) is 26.4 Å². The Bertz CT molecular complexity index is 833. The predicted octanol–water partition coefficient (Wildman–Crippen LogP) is 3.51. The average Bonchev–Trinajstić information content (AvgIpc) is 2.67. The fourth-order valence-electron chi connectivity index (χ4n) is 2.61. The highest BCUT2D eigenvalue weighted by Crippen LogP contribution is 2.12. The van der Waals surface area contributed by atoms with Crippen molar-refractivity contribution in [3.05, 3.63) is 65.7 Å². The smallest absolute Gasteiger partial charge is 0.251 e. The number of hydrogen-bond donors (Lipinski definition) is 2. The van der Waals surface area contributed by atoms with Gasteiger partial charge in [-0.15, -0.1) is 0 Å². The average molecular weight is 389 g/mol. The molecule has 2 rings (SSSR count). The minimum atomic E-state index is -3.56. The number of carbonyl (C=O) groups is 1. The van der Waals surface area contributed by atoms with Gasteiger partial charge in [-0.3, -0.25) is 4.79 Å². The molecule has 0 radical (unpaired) electrons. The largest absolute Gasteiger partial charge is 0.350 e. The lowest BCUT2D eigenvalue weighted by Crippen LogP contribution is -2.33. The van der Waals surface area contributed by atoms with Gasteiger partial charge >= 0.3 is 0 Å². The maximum absolute atomic E-state index is 12.4. The van der Waals surface area contributed by atoms with Gasteiger partial charge < -0.3 is 5.32 Å². The fraction of sp³-hybridized carbons (Fsp3) is 0.381. The number of amides is 1. The molecule has 146 valence electrons. The molecule has 0 saturated carbocycles. The van der Waals surface area contributed by atoms with Gasteiger partial charge in [0.15, 0.2) is 0 Å². The highest BCUT2D eigenvalue weighted by Gasteiger charge is 2.17. The Morgan fingerprint density at radius 2 is 1.59 bits per heavy atom. The summed E-state index contributed by atoms with van der Waals surface area (Å²) in [5.41, 5.74) is 1.69. The number of benzene rings is 2. The van der Waals surface area contributed by atoms with E-state index in [9.17, 15) is 13.2 Å². The van der Waals surface area contributed by atoms with Gasteiger partial charge in [0, 0.05) is 17.6 Å². The van der Waals surface area contributed by atoms with Crippen molar-refractivity contribution in [1.29, 1.82) is 0 Å². The summed E-state index contributed by atoms with van der Waals surface area (Å²) in [5.74, 6) is -0.200. The fourth-order valence-corrected chi connectivity index (χ4v) is 3.94. The van der Waals surface area contributed by atoms with Gasteiger partial charge in [-0.1, -0.05) is 37.3 Å². The molecule has 27 heavy (non-hydrogen) atoms. The summed E-state index contributed by atoms with van der Waals surface area (Å²) in [6.45, 7) is 5.70. The Morgan fingerprint density at radius 3 is 2.19 bits per heavy atom. The van der Waals surface area contributed by atoms with Crippen molar-refractivity contribution in [3.8, 4) is 0 Å². The third kappa shape index (κ3) is 6.48. The van der Waals surface area contributed by atoms with Crippen LogP contribution < -0.4 is 10.0 Å². The molecule has 0 aliphatic heterocycles. The normalized spacial score (nSPS) is 13.7. The standard InChI is InChI=1S/C21H28N2O3S/c1-4-16(2)23-27(25,26)20-14-12-19(13-15-20)21(24)22-17(3)10-11-18-8-6-5-7-9-18/h5-9,12-17,23H,4,10-11H2,1-3H3,(H,22,24). The van der Waals surface area contributed by atoms with Crippen LogP contribution in [0.3, 0.4) is 0 Å². The highest BCUT2D eigenvalue weighted by molar-refractivity contribution is 7.89. The Kier molecular flexibility index (Phi) is 7.56. The molecule has 2 aromatic rings. The van der Waals surface area contributed by atoms with Gasteiger partial charge in [-0.05, 0) is 62.9 Å². The van der Waals surface area contributed by atoms with E-state index in [4.69, 9.17) is 0 Å². The van der Waals surface area contributed by atoms with Crippen molar-refractivity contribution in [3.63, 3.8) is 0 Å². The summed E-state index contributed by atoms with van der Waals surface area (Å²) < 4.78 is 27.1. The Morgan fingerprint density at radius 1 is 0.963 bits per heavy atom. The summed E-state index contributed by atoms with van der Waals surface area (Å²) in [5, 5.41) is 2.96. The van der Waals surface area contributed by atoms with Crippen molar-refractivity contribution in [2.75, 3.05) is 0 Å². The third-order valence-corrected chi connectivity index (χ3v) is 6.09. The van der Waals surface area contributed by atoms with Crippen LogP contribution in [0.15, 0.2) is 59.5 Å². The number of aryl methyl sites for hydroxylation is 1. The second-order valence-electron chi connectivity index (χ2n) is 6.85. The van der Waals surface area contributed by atoms with Crippen molar-refractivity contribution < 1.29 is 13.2 Å². The SMILES string of the molecule is CCC(C)NS(=O)(=O)c1ccc(C(=O)NC(C)CCc2ccccc2)cc1. The summed E-state index contributed by atoms with van der Waals surface area (Å²) in [6, 6.07) is 16.0. The maximum Gasteiger partial charge on any atom is 0.251 e. The lowest BCUT2D eigenvalue weighted by Gasteiger charge is -2.15. The molecule has 0 fully saturated rings.